The molecular formula is C18H21FN4O. The molecule has 0 aliphatic rings. The van der Waals surface area contributed by atoms with E-state index in [-0.39, 0.29) is 24.2 Å². The number of nitrogens with zero attached hydrogens (tertiary/aromatic N) is 1. The van der Waals surface area contributed by atoms with E-state index in [1.54, 1.807) is 6.07 Å². The zero-order valence-corrected chi connectivity index (χ0v) is 14.2. The van der Waals surface area contributed by atoms with E-state index in [1.807, 2.05) is 27.7 Å². The first-order chi connectivity index (χ1) is 11.4. The van der Waals surface area contributed by atoms with Crippen LogP contribution < -0.4 is 5.32 Å². The van der Waals surface area contributed by atoms with Crippen molar-refractivity contribution in [1.82, 2.24) is 20.5 Å². The van der Waals surface area contributed by atoms with Gasteiger partial charge in [-0.3, -0.25) is 9.89 Å². The van der Waals surface area contributed by atoms with Crippen LogP contribution in [0.5, 0.6) is 0 Å². The molecule has 24 heavy (non-hydrogen) atoms. The van der Waals surface area contributed by atoms with Gasteiger partial charge in [0.15, 0.2) is 0 Å². The molecular weight excluding hydrogens is 307 g/mol. The zero-order valence-electron chi connectivity index (χ0n) is 14.2. The highest BCUT2D eigenvalue weighted by Crippen LogP contribution is 2.24. The van der Waals surface area contributed by atoms with Gasteiger partial charge in [0.2, 0.25) is 5.91 Å². The Morgan fingerprint density at radius 1 is 1.29 bits per heavy atom. The third-order valence-electron chi connectivity index (χ3n) is 4.41. The van der Waals surface area contributed by atoms with Crippen LogP contribution in [0.15, 0.2) is 18.2 Å². The number of aromatic nitrogens is 3. The summed E-state index contributed by atoms with van der Waals surface area (Å²) in [5.41, 5.74) is 5.39. The molecule has 1 atom stereocenters. The number of rotatable bonds is 4. The van der Waals surface area contributed by atoms with E-state index in [2.05, 4.69) is 20.5 Å². The van der Waals surface area contributed by atoms with Gasteiger partial charge in [-0.1, -0.05) is 0 Å². The zero-order chi connectivity index (χ0) is 17.4. The fourth-order valence-corrected chi connectivity index (χ4v) is 3.31. The van der Waals surface area contributed by atoms with Crippen molar-refractivity contribution in [2.75, 3.05) is 0 Å². The maximum absolute atomic E-state index is 13.5. The lowest BCUT2D eigenvalue weighted by Gasteiger charge is -2.14. The van der Waals surface area contributed by atoms with Gasteiger partial charge in [-0.15, -0.1) is 0 Å². The lowest BCUT2D eigenvalue weighted by atomic mass is 10.0. The summed E-state index contributed by atoms with van der Waals surface area (Å²) in [5.74, 6) is -0.406. The molecule has 6 heteroatoms. The number of nitrogens with one attached hydrogen (secondary N) is 3. The summed E-state index contributed by atoms with van der Waals surface area (Å²) < 4.78 is 13.5. The summed E-state index contributed by atoms with van der Waals surface area (Å²) in [5, 5.41) is 10.8. The fraction of sp³-hybridized carbons (Fsp3) is 0.333. The highest BCUT2D eigenvalue weighted by Gasteiger charge is 2.18. The Bertz CT molecular complexity index is 890. The van der Waals surface area contributed by atoms with Crippen LogP contribution in [-0.4, -0.2) is 21.1 Å². The lowest BCUT2D eigenvalue weighted by molar-refractivity contribution is -0.121. The first-order valence-corrected chi connectivity index (χ1v) is 7.94. The minimum atomic E-state index is -0.304. The molecule has 1 amide bonds. The van der Waals surface area contributed by atoms with E-state index in [1.165, 1.54) is 12.1 Å². The summed E-state index contributed by atoms with van der Waals surface area (Å²) in [7, 11) is 0. The van der Waals surface area contributed by atoms with Crippen molar-refractivity contribution in [3.8, 4) is 0 Å². The molecule has 0 saturated carbocycles. The molecule has 126 valence electrons. The molecule has 3 N–H and O–H groups in total. The van der Waals surface area contributed by atoms with Crippen molar-refractivity contribution in [3.63, 3.8) is 0 Å². The number of H-pyrrole nitrogens is 2. The number of aryl methyl sites for hydroxylation is 3. The molecule has 0 aliphatic carbocycles. The normalized spacial score (nSPS) is 12.5. The Morgan fingerprint density at radius 3 is 2.71 bits per heavy atom. The number of carbonyl (C=O) groups is 1. The third kappa shape index (κ3) is 2.91. The number of fused-ring (bicyclic) bond motifs is 1. The smallest absolute Gasteiger partial charge is 0.224 e. The van der Waals surface area contributed by atoms with Gasteiger partial charge in [0.05, 0.1) is 18.2 Å². The topological polar surface area (TPSA) is 73.6 Å². The predicted octanol–water partition coefficient (Wildman–Crippen LogP) is 3.38. The van der Waals surface area contributed by atoms with Crippen molar-refractivity contribution in [3.05, 3.63) is 52.2 Å². The van der Waals surface area contributed by atoms with Gasteiger partial charge in [0.25, 0.3) is 0 Å². The molecule has 2 heterocycles. The van der Waals surface area contributed by atoms with E-state index < -0.39 is 0 Å². The summed E-state index contributed by atoms with van der Waals surface area (Å²) in [6.45, 7) is 7.68. The first kappa shape index (κ1) is 16.2. The molecule has 1 aromatic carbocycles. The van der Waals surface area contributed by atoms with E-state index >= 15 is 0 Å². The van der Waals surface area contributed by atoms with Crippen LogP contribution in [0, 0.1) is 26.6 Å². The van der Waals surface area contributed by atoms with Crippen molar-refractivity contribution in [2.24, 2.45) is 0 Å². The van der Waals surface area contributed by atoms with Gasteiger partial charge in [-0.05, 0) is 51.5 Å². The summed E-state index contributed by atoms with van der Waals surface area (Å²) in [6, 6.07) is 4.43. The number of halogens is 1. The number of hydrogen-bond donors (Lipinski definition) is 3. The third-order valence-corrected chi connectivity index (χ3v) is 4.41. The molecule has 2 aromatic heterocycles. The standard InChI is InChI=1S/C18H21FN4O/c1-9-14(15-7-13(19)5-6-16(15)20-9)8-17(24)21-10(2)18-11(3)22-23-12(18)4/h5-7,10,20H,8H2,1-4H3,(H,21,24)(H,22,23)/t10-/m0/s1. The van der Waals surface area contributed by atoms with Gasteiger partial charge in [0, 0.05) is 27.9 Å². The van der Waals surface area contributed by atoms with Crippen molar-refractivity contribution in [1.29, 1.82) is 0 Å². The van der Waals surface area contributed by atoms with Gasteiger partial charge in [-0.2, -0.15) is 5.10 Å². The Labute approximate surface area is 139 Å². The first-order valence-electron chi connectivity index (χ1n) is 7.94. The van der Waals surface area contributed by atoms with Gasteiger partial charge < -0.3 is 10.3 Å². The largest absolute Gasteiger partial charge is 0.358 e. The molecule has 0 radical (unpaired) electrons. The number of carbonyl (C=O) groups excluding carboxylic acids is 1. The fourth-order valence-electron chi connectivity index (χ4n) is 3.31. The van der Waals surface area contributed by atoms with Crippen LogP contribution in [0.3, 0.4) is 0 Å². The van der Waals surface area contributed by atoms with Crippen molar-refractivity contribution >= 4 is 16.8 Å². The number of benzene rings is 1. The Kier molecular flexibility index (Phi) is 4.13. The highest BCUT2D eigenvalue weighted by atomic mass is 19.1. The maximum Gasteiger partial charge on any atom is 0.224 e. The SMILES string of the molecule is Cc1n[nH]c(C)c1[C@H](C)NC(=O)Cc1c(C)[nH]c2ccc(F)cc12. The quantitative estimate of drug-likeness (QED) is 0.687. The summed E-state index contributed by atoms with van der Waals surface area (Å²) in [4.78, 5) is 15.7. The van der Waals surface area contributed by atoms with E-state index in [9.17, 15) is 9.18 Å². The minimum absolute atomic E-state index is 0.101. The monoisotopic (exact) mass is 328 g/mol. The van der Waals surface area contributed by atoms with Crippen molar-refractivity contribution < 1.29 is 9.18 Å². The molecule has 5 nitrogen and oxygen atoms in total. The summed E-state index contributed by atoms with van der Waals surface area (Å²) in [6.07, 6.45) is 0.204. The minimum Gasteiger partial charge on any atom is -0.358 e. The number of amides is 1. The highest BCUT2D eigenvalue weighted by molar-refractivity contribution is 5.90. The second-order valence-corrected chi connectivity index (χ2v) is 6.23. The number of aromatic amines is 2. The average molecular weight is 328 g/mol. The Hall–Kier alpha value is -2.63. The average Bonchev–Trinajstić information content (AvgIpc) is 2.99. The van der Waals surface area contributed by atoms with Crippen LogP contribution in [0.4, 0.5) is 4.39 Å². The predicted molar refractivity (Wildman–Crippen MR) is 91.3 cm³/mol. The van der Waals surface area contributed by atoms with Crippen LogP contribution in [0.25, 0.3) is 10.9 Å². The molecule has 0 unspecified atom stereocenters. The molecule has 3 aromatic rings. The van der Waals surface area contributed by atoms with Gasteiger partial charge >= 0.3 is 0 Å². The van der Waals surface area contributed by atoms with Crippen LogP contribution in [-0.2, 0) is 11.2 Å². The van der Waals surface area contributed by atoms with E-state index in [0.29, 0.717) is 0 Å². The molecule has 0 fully saturated rings. The molecule has 0 aliphatic heterocycles. The lowest BCUT2D eigenvalue weighted by Crippen LogP contribution is -2.28. The molecule has 0 bridgehead atoms. The van der Waals surface area contributed by atoms with Crippen LogP contribution >= 0.6 is 0 Å². The van der Waals surface area contributed by atoms with Crippen LogP contribution in [0.1, 0.15) is 41.2 Å². The molecule has 0 saturated heterocycles. The second kappa shape index (κ2) is 6.11. The molecule has 3 rings (SSSR count). The van der Waals surface area contributed by atoms with E-state index in [0.717, 1.165) is 39.1 Å². The van der Waals surface area contributed by atoms with Crippen LogP contribution in [0.2, 0.25) is 0 Å². The van der Waals surface area contributed by atoms with Gasteiger partial charge in [-0.25, -0.2) is 4.39 Å². The summed E-state index contributed by atoms with van der Waals surface area (Å²) >= 11 is 0. The van der Waals surface area contributed by atoms with Gasteiger partial charge in [0.1, 0.15) is 5.82 Å². The Balaban J connectivity index is 1.80. The second-order valence-electron chi connectivity index (χ2n) is 6.23. The molecule has 0 spiro atoms. The maximum atomic E-state index is 13.5. The number of hydrogen-bond acceptors (Lipinski definition) is 2. The van der Waals surface area contributed by atoms with Crippen molar-refractivity contribution in [2.45, 2.75) is 40.2 Å². The van der Waals surface area contributed by atoms with E-state index in [4.69, 9.17) is 0 Å². The Morgan fingerprint density at radius 2 is 2.04 bits per heavy atom.